The van der Waals surface area contributed by atoms with Crippen molar-refractivity contribution < 1.29 is 22.0 Å². The van der Waals surface area contributed by atoms with Gasteiger partial charge in [-0.2, -0.15) is 17.6 Å². The molecule has 0 unspecified atom stereocenters. The number of halogens is 5. The fourth-order valence-electron chi connectivity index (χ4n) is 3.72. The van der Waals surface area contributed by atoms with Crippen LogP contribution in [-0.4, -0.2) is 0 Å². The van der Waals surface area contributed by atoms with E-state index in [1.54, 1.807) is 6.08 Å². The van der Waals surface area contributed by atoms with Crippen LogP contribution in [0.3, 0.4) is 0 Å². The Hall–Kier alpha value is -3.21. The fourth-order valence-corrected chi connectivity index (χ4v) is 3.72. The first kappa shape index (κ1) is 25.4. The molecule has 0 radical (unpaired) electrons. The van der Waals surface area contributed by atoms with Gasteiger partial charge in [0.2, 0.25) is 0 Å². The summed E-state index contributed by atoms with van der Waals surface area (Å²) in [6.07, 6.45) is 8.17. The summed E-state index contributed by atoms with van der Waals surface area (Å²) in [5.41, 5.74) is 0.872. The highest BCUT2D eigenvalue weighted by molar-refractivity contribution is 5.64. The Morgan fingerprint density at radius 1 is 0.735 bits per heavy atom. The lowest BCUT2D eigenvalue weighted by atomic mass is 9.93. The molecule has 0 nitrogen and oxygen atoms in total. The maximum atomic E-state index is 14.9. The van der Waals surface area contributed by atoms with E-state index in [1.165, 1.54) is 12.1 Å². The molecule has 5 heteroatoms. The number of benzene rings is 3. The van der Waals surface area contributed by atoms with Crippen molar-refractivity contribution in [3.05, 3.63) is 120 Å². The maximum Gasteiger partial charge on any atom is 0.339 e. The molecule has 3 rings (SSSR count). The molecule has 178 valence electrons. The molecule has 0 amide bonds. The van der Waals surface area contributed by atoms with Crippen molar-refractivity contribution in [2.24, 2.45) is 0 Å². The topological polar surface area (TPSA) is 0 Å². The van der Waals surface area contributed by atoms with Crippen molar-refractivity contribution in [2.45, 2.75) is 44.5 Å². The monoisotopic (exact) mass is 470 g/mol. The lowest BCUT2D eigenvalue weighted by molar-refractivity contribution is -0.224. The second kappa shape index (κ2) is 10.8. The van der Waals surface area contributed by atoms with Crippen LogP contribution in [0.2, 0.25) is 0 Å². The van der Waals surface area contributed by atoms with Crippen molar-refractivity contribution >= 4 is 0 Å². The Kier molecular flexibility index (Phi) is 8.08. The molecule has 0 saturated heterocycles. The number of aryl methyl sites for hydroxylation is 2. The summed E-state index contributed by atoms with van der Waals surface area (Å²) in [6.45, 7) is 5.49. The van der Waals surface area contributed by atoms with E-state index in [2.05, 4.69) is 12.7 Å². The number of allylic oxidation sites excluding steroid dienone is 3. The molecule has 3 aromatic rings. The first-order valence-electron chi connectivity index (χ1n) is 11.2. The van der Waals surface area contributed by atoms with Gasteiger partial charge in [-0.25, -0.2) is 4.39 Å². The van der Waals surface area contributed by atoms with Gasteiger partial charge in [0.25, 0.3) is 0 Å². The zero-order valence-electron chi connectivity index (χ0n) is 19.0. The van der Waals surface area contributed by atoms with E-state index in [1.807, 2.05) is 37.3 Å². The van der Waals surface area contributed by atoms with Gasteiger partial charge in [0.05, 0.1) is 0 Å². The SMILES string of the molecule is C=CCCc1ccc(C(F)(F)C(F)(F)c2ccc(-c3ccc(CC/C=C/C)cc3)cc2)cc1F. The molecule has 0 spiro atoms. The summed E-state index contributed by atoms with van der Waals surface area (Å²) in [5.74, 6) is -10.0. The predicted molar refractivity (Wildman–Crippen MR) is 128 cm³/mol. The summed E-state index contributed by atoms with van der Waals surface area (Å²) in [5, 5.41) is 0. The molecule has 0 aliphatic rings. The van der Waals surface area contributed by atoms with Crippen LogP contribution in [0.4, 0.5) is 22.0 Å². The largest absolute Gasteiger partial charge is 0.339 e. The van der Waals surface area contributed by atoms with Crippen LogP contribution in [0, 0.1) is 5.82 Å². The van der Waals surface area contributed by atoms with Crippen LogP contribution in [-0.2, 0) is 24.7 Å². The molecular weight excluding hydrogens is 443 g/mol. The predicted octanol–water partition coefficient (Wildman–Crippen LogP) is 9.00. The molecule has 0 fully saturated rings. The quantitative estimate of drug-likeness (QED) is 0.205. The van der Waals surface area contributed by atoms with Crippen molar-refractivity contribution in [3.8, 4) is 11.1 Å². The first-order valence-corrected chi connectivity index (χ1v) is 11.2. The fraction of sp³-hybridized carbons (Fsp3) is 0.241. The second-order valence-electron chi connectivity index (χ2n) is 8.16. The molecule has 0 aliphatic heterocycles. The average molecular weight is 471 g/mol. The van der Waals surface area contributed by atoms with Gasteiger partial charge in [0.1, 0.15) is 5.82 Å². The van der Waals surface area contributed by atoms with Crippen molar-refractivity contribution in [1.29, 1.82) is 0 Å². The van der Waals surface area contributed by atoms with Crippen molar-refractivity contribution in [2.75, 3.05) is 0 Å². The van der Waals surface area contributed by atoms with Crippen LogP contribution in [0.15, 0.2) is 91.5 Å². The zero-order chi connectivity index (χ0) is 24.8. The van der Waals surface area contributed by atoms with Crippen LogP contribution >= 0.6 is 0 Å². The van der Waals surface area contributed by atoms with E-state index < -0.39 is 28.8 Å². The molecule has 34 heavy (non-hydrogen) atoms. The first-order chi connectivity index (χ1) is 16.2. The van der Waals surface area contributed by atoms with Crippen molar-refractivity contribution in [3.63, 3.8) is 0 Å². The van der Waals surface area contributed by atoms with Crippen LogP contribution < -0.4 is 0 Å². The van der Waals surface area contributed by atoms with Gasteiger partial charge in [-0.15, -0.1) is 6.58 Å². The van der Waals surface area contributed by atoms with Gasteiger partial charge in [0.15, 0.2) is 0 Å². The molecule has 0 bridgehead atoms. The van der Waals surface area contributed by atoms with E-state index in [-0.39, 0.29) is 12.0 Å². The zero-order valence-corrected chi connectivity index (χ0v) is 19.0. The van der Waals surface area contributed by atoms with Gasteiger partial charge in [-0.3, -0.25) is 0 Å². The van der Waals surface area contributed by atoms with E-state index in [9.17, 15) is 22.0 Å². The van der Waals surface area contributed by atoms with Gasteiger partial charge in [0, 0.05) is 11.1 Å². The summed E-state index contributed by atoms with van der Waals surface area (Å²) in [4.78, 5) is 0. The lowest BCUT2D eigenvalue weighted by Crippen LogP contribution is -2.35. The molecule has 0 aliphatic carbocycles. The summed E-state index contributed by atoms with van der Waals surface area (Å²) in [7, 11) is 0. The smallest absolute Gasteiger partial charge is 0.207 e. The van der Waals surface area contributed by atoms with Gasteiger partial charge in [-0.05, 0) is 60.9 Å². The van der Waals surface area contributed by atoms with E-state index in [0.29, 0.717) is 18.1 Å². The highest BCUT2D eigenvalue weighted by Crippen LogP contribution is 2.50. The Morgan fingerprint density at radius 2 is 1.29 bits per heavy atom. The highest BCUT2D eigenvalue weighted by Gasteiger charge is 2.58. The molecule has 0 atom stereocenters. The summed E-state index contributed by atoms with van der Waals surface area (Å²) in [6, 6.07) is 15.0. The molecule has 0 heterocycles. The Labute approximate surface area is 197 Å². The third-order valence-corrected chi connectivity index (χ3v) is 5.80. The van der Waals surface area contributed by atoms with E-state index in [4.69, 9.17) is 0 Å². The molecule has 3 aromatic carbocycles. The number of hydrogen-bond donors (Lipinski definition) is 0. The second-order valence-corrected chi connectivity index (χ2v) is 8.16. The number of hydrogen-bond acceptors (Lipinski definition) is 0. The third-order valence-electron chi connectivity index (χ3n) is 5.80. The minimum Gasteiger partial charge on any atom is -0.207 e. The third kappa shape index (κ3) is 5.46. The van der Waals surface area contributed by atoms with Crippen LogP contribution in [0.25, 0.3) is 11.1 Å². The van der Waals surface area contributed by atoms with Crippen LogP contribution in [0.5, 0.6) is 0 Å². The minimum atomic E-state index is -4.58. The normalized spacial score (nSPS) is 12.3. The molecule has 0 saturated carbocycles. The Morgan fingerprint density at radius 3 is 1.85 bits per heavy atom. The summed E-state index contributed by atoms with van der Waals surface area (Å²) >= 11 is 0. The van der Waals surface area contributed by atoms with Gasteiger partial charge >= 0.3 is 11.8 Å². The lowest BCUT2D eigenvalue weighted by Gasteiger charge is -2.27. The van der Waals surface area contributed by atoms with Gasteiger partial charge < -0.3 is 0 Å². The van der Waals surface area contributed by atoms with Crippen LogP contribution in [0.1, 0.15) is 42.0 Å². The standard InChI is InChI=1S/C29H27F5/c1-3-5-7-8-21-10-12-22(13-11-21)23-14-17-25(18-15-23)28(31,32)29(33,34)26-19-16-24(9-6-4-2)27(30)20-26/h3-5,10-20H,2,6-9H2,1H3/b5-3+. The molecule has 0 N–H and O–H groups in total. The molecular formula is C29H27F5. The maximum absolute atomic E-state index is 14.9. The Balaban J connectivity index is 1.81. The Bertz CT molecular complexity index is 1130. The van der Waals surface area contributed by atoms with E-state index >= 15 is 0 Å². The summed E-state index contributed by atoms with van der Waals surface area (Å²) < 4.78 is 73.7. The minimum absolute atomic E-state index is 0.181. The number of rotatable bonds is 10. The average Bonchev–Trinajstić information content (AvgIpc) is 2.84. The highest BCUT2D eigenvalue weighted by atomic mass is 19.3. The van der Waals surface area contributed by atoms with Gasteiger partial charge in [-0.1, -0.05) is 78.9 Å². The molecule has 0 aromatic heterocycles. The van der Waals surface area contributed by atoms with Crippen molar-refractivity contribution in [1.82, 2.24) is 0 Å². The number of alkyl halides is 4. The van der Waals surface area contributed by atoms with E-state index in [0.717, 1.165) is 48.2 Å².